The molecule has 7 heteroatoms. The number of nitrogens with one attached hydrogen (secondary N) is 1. The minimum atomic E-state index is -0.790. The molecule has 2 fully saturated rings. The molecule has 3 heterocycles. The van der Waals surface area contributed by atoms with Crippen molar-refractivity contribution < 1.29 is 19.0 Å². The number of allylic oxidation sites excluding steroid dienone is 4. The number of hydrogen-bond donors (Lipinski definition) is 1. The lowest BCUT2D eigenvalue weighted by molar-refractivity contribution is -0.0439. The van der Waals surface area contributed by atoms with Crippen LogP contribution in [0.1, 0.15) is 77.1 Å². The Hall–Kier alpha value is -2.38. The molecule has 6 nitrogen and oxygen atoms in total. The number of ether oxygens (including phenoxy) is 3. The van der Waals surface area contributed by atoms with E-state index in [2.05, 4.69) is 23.5 Å². The van der Waals surface area contributed by atoms with Crippen LogP contribution in [-0.4, -0.2) is 54.6 Å². The topological polar surface area (TPSA) is 60.0 Å². The first kappa shape index (κ1) is 28.6. The normalized spacial score (nSPS) is 26.1. The van der Waals surface area contributed by atoms with Crippen LogP contribution in [0.5, 0.6) is 17.2 Å². The fourth-order valence-corrected chi connectivity index (χ4v) is 6.88. The van der Waals surface area contributed by atoms with Crippen LogP contribution in [0.25, 0.3) is 0 Å². The molecule has 2 unspecified atom stereocenters. The van der Waals surface area contributed by atoms with Crippen LogP contribution in [0.4, 0.5) is 0 Å². The third kappa shape index (κ3) is 6.60. The number of nitrogens with zero attached hydrogens (tertiary/aromatic N) is 1. The summed E-state index contributed by atoms with van der Waals surface area (Å²) in [6.45, 7) is 11.0. The molecule has 0 radical (unpaired) electrons. The van der Waals surface area contributed by atoms with E-state index in [0.717, 1.165) is 18.1 Å². The molecule has 38 heavy (non-hydrogen) atoms. The van der Waals surface area contributed by atoms with Crippen molar-refractivity contribution in [1.29, 1.82) is 0 Å². The van der Waals surface area contributed by atoms with Gasteiger partial charge in [0.05, 0.1) is 13.7 Å². The van der Waals surface area contributed by atoms with Gasteiger partial charge in [0.25, 0.3) is 5.91 Å². The van der Waals surface area contributed by atoms with Gasteiger partial charge < -0.3 is 24.4 Å². The first-order valence-corrected chi connectivity index (χ1v) is 15.1. The molecule has 1 saturated carbocycles. The molecule has 0 spiro atoms. The highest BCUT2D eigenvalue weighted by Crippen LogP contribution is 2.47. The molecular formula is C31H44N2O4S. The van der Waals surface area contributed by atoms with Crippen molar-refractivity contribution in [3.63, 3.8) is 0 Å². The minimum Gasteiger partial charge on any atom is -0.493 e. The molecule has 1 aromatic carbocycles. The summed E-state index contributed by atoms with van der Waals surface area (Å²) in [5, 5.41) is 3.86. The highest BCUT2D eigenvalue weighted by Gasteiger charge is 2.38. The largest absolute Gasteiger partial charge is 0.493 e. The van der Waals surface area contributed by atoms with E-state index in [0.29, 0.717) is 48.0 Å². The van der Waals surface area contributed by atoms with Crippen molar-refractivity contribution in [3.8, 4) is 17.2 Å². The summed E-state index contributed by atoms with van der Waals surface area (Å²) < 4.78 is 17.5. The van der Waals surface area contributed by atoms with E-state index in [-0.39, 0.29) is 5.91 Å². The Labute approximate surface area is 232 Å². The maximum atomic E-state index is 14.0. The smallest absolute Gasteiger partial charge is 0.254 e. The maximum Gasteiger partial charge on any atom is 0.254 e. The average Bonchev–Trinajstić information content (AvgIpc) is 3.62. The lowest BCUT2D eigenvalue weighted by Crippen LogP contribution is -2.43. The Kier molecular flexibility index (Phi) is 9.53. The number of carbonyl (C=O) groups is 1. The highest BCUT2D eigenvalue weighted by molar-refractivity contribution is 8.03. The van der Waals surface area contributed by atoms with Crippen molar-refractivity contribution in [1.82, 2.24) is 10.2 Å². The molecule has 1 aliphatic carbocycles. The fraction of sp³-hybridized carbons (Fsp3) is 0.581. The van der Waals surface area contributed by atoms with Crippen LogP contribution < -0.4 is 19.5 Å². The molecule has 1 amide bonds. The van der Waals surface area contributed by atoms with Crippen molar-refractivity contribution in [3.05, 3.63) is 52.5 Å². The highest BCUT2D eigenvalue weighted by atomic mass is 32.2. The summed E-state index contributed by atoms with van der Waals surface area (Å²) in [6, 6.07) is 4.51. The third-order valence-electron chi connectivity index (χ3n) is 7.49. The monoisotopic (exact) mass is 540 g/mol. The summed E-state index contributed by atoms with van der Waals surface area (Å²) in [5.74, 6) is 2.52. The van der Waals surface area contributed by atoms with E-state index in [1.807, 2.05) is 57.4 Å². The zero-order chi connectivity index (χ0) is 27.3. The van der Waals surface area contributed by atoms with Gasteiger partial charge in [0, 0.05) is 48.7 Å². The Bertz CT molecular complexity index is 1080. The summed E-state index contributed by atoms with van der Waals surface area (Å²) >= 11 is 1.82. The molecule has 3 aliphatic heterocycles. The quantitative estimate of drug-likeness (QED) is 0.414. The van der Waals surface area contributed by atoms with E-state index < -0.39 is 5.79 Å². The van der Waals surface area contributed by atoms with Crippen LogP contribution >= 0.6 is 11.8 Å². The molecule has 1 aromatic rings. The number of fused-ring (bicyclic) bond motifs is 2. The second-order valence-corrected chi connectivity index (χ2v) is 11.8. The van der Waals surface area contributed by atoms with Crippen LogP contribution in [0.2, 0.25) is 0 Å². The second-order valence-electron chi connectivity index (χ2n) is 10.7. The van der Waals surface area contributed by atoms with Crippen LogP contribution in [0.3, 0.4) is 0 Å². The number of hydrogen-bond acceptors (Lipinski definition) is 6. The third-order valence-corrected chi connectivity index (χ3v) is 8.58. The van der Waals surface area contributed by atoms with Crippen molar-refractivity contribution in [2.45, 2.75) is 84.6 Å². The molecular weight excluding hydrogens is 496 g/mol. The Morgan fingerprint density at radius 3 is 2.76 bits per heavy atom. The van der Waals surface area contributed by atoms with Gasteiger partial charge in [0.2, 0.25) is 11.5 Å². The molecule has 0 bridgehead atoms. The van der Waals surface area contributed by atoms with Gasteiger partial charge in [-0.25, -0.2) is 0 Å². The zero-order valence-corrected chi connectivity index (χ0v) is 24.7. The van der Waals surface area contributed by atoms with E-state index in [1.165, 1.54) is 36.2 Å². The van der Waals surface area contributed by atoms with Crippen molar-refractivity contribution in [2.24, 2.45) is 5.92 Å². The SMILES string of the molecule is C/C=C\C=C1\C=C(CN(C[C@@H]2CC3CCCCC3N2)C(=O)c2cc(OC)c3c(c2)OC(C)(C)O3)SC1.CC. The molecule has 3 atom stereocenters. The Morgan fingerprint density at radius 2 is 2.03 bits per heavy atom. The lowest BCUT2D eigenvalue weighted by atomic mass is 9.85. The Morgan fingerprint density at radius 1 is 1.24 bits per heavy atom. The summed E-state index contributed by atoms with van der Waals surface area (Å²) in [6.07, 6.45) is 14.8. The number of thioether (sulfide) groups is 1. The van der Waals surface area contributed by atoms with Gasteiger partial charge >= 0.3 is 0 Å². The number of methoxy groups -OCH3 is 1. The lowest BCUT2D eigenvalue weighted by Gasteiger charge is -2.27. The summed E-state index contributed by atoms with van der Waals surface area (Å²) in [7, 11) is 1.60. The number of rotatable bonds is 7. The number of amides is 1. The molecule has 4 aliphatic rings. The van der Waals surface area contributed by atoms with E-state index >= 15 is 0 Å². The minimum absolute atomic E-state index is 0.00605. The summed E-state index contributed by atoms with van der Waals surface area (Å²) in [5.41, 5.74) is 1.85. The summed E-state index contributed by atoms with van der Waals surface area (Å²) in [4.78, 5) is 17.2. The van der Waals surface area contributed by atoms with Gasteiger partial charge in [-0.2, -0.15) is 0 Å². The zero-order valence-electron chi connectivity index (χ0n) is 23.8. The predicted molar refractivity (Wildman–Crippen MR) is 156 cm³/mol. The molecule has 208 valence electrons. The van der Waals surface area contributed by atoms with E-state index in [9.17, 15) is 4.79 Å². The first-order valence-electron chi connectivity index (χ1n) is 14.2. The first-order chi connectivity index (χ1) is 18.3. The maximum absolute atomic E-state index is 14.0. The molecule has 5 rings (SSSR count). The fourth-order valence-electron chi connectivity index (χ4n) is 5.86. The van der Waals surface area contributed by atoms with Crippen molar-refractivity contribution >= 4 is 17.7 Å². The molecule has 0 aromatic heterocycles. The van der Waals surface area contributed by atoms with Crippen LogP contribution in [-0.2, 0) is 0 Å². The van der Waals surface area contributed by atoms with Gasteiger partial charge in [0.15, 0.2) is 11.5 Å². The van der Waals surface area contributed by atoms with Gasteiger partial charge in [-0.3, -0.25) is 4.79 Å². The van der Waals surface area contributed by atoms with Gasteiger partial charge in [0.1, 0.15) is 0 Å². The standard InChI is InChI=1S/C29H38N2O4S.C2H6/c1-5-6-9-19-12-23(36-18-19)17-31(16-22-13-20-10-7-8-11-24(20)30-22)28(32)21-14-25(33-4)27-26(15-21)34-29(2,3)35-27;1-2/h5-6,9,12,14-15,20,22,24,30H,7-8,10-11,13,16-18H2,1-4H3;1-2H3/b6-5-,19-9-;/t20?,22-,24?;/m0./s1. The molecule has 1 saturated heterocycles. The van der Waals surface area contributed by atoms with Crippen molar-refractivity contribution in [2.75, 3.05) is 26.0 Å². The van der Waals surface area contributed by atoms with Gasteiger partial charge in [-0.15, -0.1) is 11.8 Å². The average molecular weight is 541 g/mol. The van der Waals surface area contributed by atoms with Gasteiger partial charge in [-0.05, 0) is 55.9 Å². The van der Waals surface area contributed by atoms with Gasteiger partial charge in [-0.1, -0.05) is 44.9 Å². The van der Waals surface area contributed by atoms with E-state index in [1.54, 1.807) is 19.2 Å². The number of benzene rings is 1. The molecule has 1 N–H and O–H groups in total. The van der Waals surface area contributed by atoms with Crippen LogP contribution in [0.15, 0.2) is 46.9 Å². The van der Waals surface area contributed by atoms with Crippen LogP contribution in [0, 0.1) is 5.92 Å². The Balaban J connectivity index is 0.00000164. The van der Waals surface area contributed by atoms with E-state index in [4.69, 9.17) is 14.2 Å². The second kappa shape index (κ2) is 12.6. The predicted octanol–water partition coefficient (Wildman–Crippen LogP) is 6.72. The number of carbonyl (C=O) groups excluding carboxylic acids is 1.